The smallest absolute Gasteiger partial charge is 0.176 e. The Morgan fingerprint density at radius 3 is 2.69 bits per heavy atom. The van der Waals surface area contributed by atoms with Gasteiger partial charge in [-0.05, 0) is 18.2 Å². The second-order valence-corrected chi connectivity index (χ2v) is 6.50. The summed E-state index contributed by atoms with van der Waals surface area (Å²) in [4.78, 5) is 6.38. The Morgan fingerprint density at radius 2 is 2.00 bits per heavy atom. The van der Waals surface area contributed by atoms with Gasteiger partial charge in [0, 0.05) is 18.7 Å². The summed E-state index contributed by atoms with van der Waals surface area (Å²) in [5.74, 6) is 0.209. The van der Waals surface area contributed by atoms with E-state index in [-0.39, 0.29) is 10.2 Å². The number of nitriles is 1. The third-order valence-electron chi connectivity index (χ3n) is 4.21. The van der Waals surface area contributed by atoms with E-state index in [9.17, 15) is 9.65 Å². The Balaban J connectivity index is 2.05. The van der Waals surface area contributed by atoms with Crippen LogP contribution in [0.25, 0.3) is 16.8 Å². The van der Waals surface area contributed by atoms with Crippen LogP contribution in [-0.4, -0.2) is 40.9 Å². The molecule has 4 rings (SSSR count). The molecule has 0 spiro atoms. The molecule has 0 radical (unpaired) electrons. The van der Waals surface area contributed by atoms with Crippen LogP contribution < -0.4 is 4.90 Å². The Kier molecular flexibility index (Phi) is 4.41. The Bertz CT molecular complexity index is 1040. The molecule has 0 atom stereocenters. The molecule has 3 aromatic rings. The van der Waals surface area contributed by atoms with Gasteiger partial charge in [0.25, 0.3) is 0 Å². The zero-order chi connectivity index (χ0) is 18.3. The average Bonchev–Trinajstić information content (AvgIpc) is 3.04. The van der Waals surface area contributed by atoms with E-state index in [1.165, 1.54) is 18.3 Å². The van der Waals surface area contributed by atoms with Crippen molar-refractivity contribution in [1.29, 1.82) is 5.26 Å². The summed E-state index contributed by atoms with van der Waals surface area (Å²) in [5.41, 5.74) is 1.76. The van der Waals surface area contributed by atoms with Gasteiger partial charge in [0.1, 0.15) is 28.4 Å². The summed E-state index contributed by atoms with van der Waals surface area (Å²) in [7, 11) is 0. The van der Waals surface area contributed by atoms with E-state index in [0.717, 1.165) is 0 Å². The van der Waals surface area contributed by atoms with Gasteiger partial charge in [-0.25, -0.2) is 9.37 Å². The predicted molar refractivity (Wildman–Crippen MR) is 96.1 cm³/mol. The van der Waals surface area contributed by atoms with Crippen molar-refractivity contribution < 1.29 is 9.13 Å². The number of aromatic nitrogens is 3. The molecule has 6 nitrogen and oxygen atoms in total. The molecule has 26 heavy (non-hydrogen) atoms. The van der Waals surface area contributed by atoms with Gasteiger partial charge in [-0.1, -0.05) is 23.2 Å². The summed E-state index contributed by atoms with van der Waals surface area (Å²) in [6.45, 7) is 2.32. The lowest BCUT2D eigenvalue weighted by atomic mass is 10.1. The lowest BCUT2D eigenvalue weighted by molar-refractivity contribution is 0.122. The number of rotatable bonds is 2. The van der Waals surface area contributed by atoms with E-state index in [1.807, 2.05) is 4.90 Å². The van der Waals surface area contributed by atoms with Crippen molar-refractivity contribution in [3.63, 3.8) is 0 Å². The molecule has 0 amide bonds. The lowest BCUT2D eigenvalue weighted by Crippen LogP contribution is -2.38. The third kappa shape index (κ3) is 2.76. The number of nitrogens with zero attached hydrogens (tertiary/aromatic N) is 5. The highest BCUT2D eigenvalue weighted by Crippen LogP contribution is 2.40. The van der Waals surface area contributed by atoms with Crippen molar-refractivity contribution >= 4 is 34.7 Å². The summed E-state index contributed by atoms with van der Waals surface area (Å²) in [6, 6.07) is 6.16. The van der Waals surface area contributed by atoms with Crippen molar-refractivity contribution in [2.24, 2.45) is 0 Å². The number of fused-ring (bicyclic) bond motifs is 1. The fourth-order valence-corrected chi connectivity index (χ4v) is 3.55. The minimum atomic E-state index is -0.442. The first-order valence-electron chi connectivity index (χ1n) is 7.85. The van der Waals surface area contributed by atoms with Crippen LogP contribution in [0, 0.1) is 17.1 Å². The predicted octanol–water partition coefficient (Wildman–Crippen LogP) is 3.55. The molecule has 0 N–H and O–H groups in total. The Hall–Kier alpha value is -2.40. The maximum atomic E-state index is 13.5. The van der Waals surface area contributed by atoms with Crippen LogP contribution >= 0.6 is 23.2 Å². The van der Waals surface area contributed by atoms with E-state index in [0.29, 0.717) is 54.5 Å². The van der Waals surface area contributed by atoms with Crippen LogP contribution in [0.5, 0.6) is 0 Å². The molecule has 9 heteroatoms. The number of hydrogen-bond donors (Lipinski definition) is 0. The third-order valence-corrected chi connectivity index (χ3v) is 4.80. The summed E-state index contributed by atoms with van der Waals surface area (Å²) in [6.07, 6.45) is 1.44. The van der Waals surface area contributed by atoms with E-state index >= 15 is 0 Å². The summed E-state index contributed by atoms with van der Waals surface area (Å²) < 4.78 is 20.5. The molecule has 0 saturated carbocycles. The zero-order valence-corrected chi connectivity index (χ0v) is 14.9. The quantitative estimate of drug-likeness (QED) is 0.624. The van der Waals surface area contributed by atoms with Crippen LogP contribution in [0.1, 0.15) is 5.56 Å². The van der Waals surface area contributed by atoms with Gasteiger partial charge in [-0.2, -0.15) is 14.9 Å². The zero-order valence-electron chi connectivity index (χ0n) is 13.4. The molecule has 2 aromatic heterocycles. The molecule has 3 heterocycles. The highest BCUT2D eigenvalue weighted by molar-refractivity contribution is 6.36. The van der Waals surface area contributed by atoms with E-state index < -0.39 is 5.82 Å². The molecule has 0 unspecified atom stereocenters. The standard InChI is InChI=1S/C17H12Cl2FN5O/c18-13-7-11(20)1-2-12(13)14-15(19)23-16-10(8-21)9-22-25(16)17(14)24-3-5-26-6-4-24/h1-2,7,9H,3-6H2. The molecule has 1 aliphatic heterocycles. The topological polar surface area (TPSA) is 66.5 Å². The number of hydrogen-bond acceptors (Lipinski definition) is 5. The number of halogens is 3. The molecule has 0 bridgehead atoms. The minimum absolute atomic E-state index is 0.171. The SMILES string of the molecule is N#Cc1cnn2c(N3CCOCC3)c(-c3ccc(F)cc3Cl)c(Cl)nc12. The van der Waals surface area contributed by atoms with Crippen molar-refractivity contribution in [1.82, 2.24) is 14.6 Å². The van der Waals surface area contributed by atoms with Gasteiger partial charge in [0.05, 0.1) is 30.0 Å². The molecule has 1 fully saturated rings. The van der Waals surface area contributed by atoms with E-state index in [1.54, 1.807) is 10.6 Å². The largest absolute Gasteiger partial charge is 0.378 e. The van der Waals surface area contributed by atoms with Gasteiger partial charge >= 0.3 is 0 Å². The summed E-state index contributed by atoms with van der Waals surface area (Å²) >= 11 is 12.8. The van der Waals surface area contributed by atoms with Crippen LogP contribution in [0.2, 0.25) is 10.2 Å². The van der Waals surface area contributed by atoms with Crippen LogP contribution in [-0.2, 0) is 4.74 Å². The maximum Gasteiger partial charge on any atom is 0.176 e. The first-order valence-corrected chi connectivity index (χ1v) is 8.61. The monoisotopic (exact) mass is 391 g/mol. The number of ether oxygens (including phenoxy) is 1. The molecule has 132 valence electrons. The van der Waals surface area contributed by atoms with Crippen molar-refractivity contribution in [2.75, 3.05) is 31.2 Å². The lowest BCUT2D eigenvalue weighted by Gasteiger charge is -2.31. The average molecular weight is 392 g/mol. The minimum Gasteiger partial charge on any atom is -0.378 e. The van der Waals surface area contributed by atoms with E-state index in [4.69, 9.17) is 27.9 Å². The first kappa shape index (κ1) is 17.0. The first-order chi connectivity index (χ1) is 12.6. The summed E-state index contributed by atoms with van der Waals surface area (Å²) in [5, 5.41) is 14.0. The number of anilines is 1. The maximum absolute atomic E-state index is 13.5. The fourth-order valence-electron chi connectivity index (χ4n) is 3.02. The number of morpholine rings is 1. The normalized spacial score (nSPS) is 14.6. The molecular weight excluding hydrogens is 380 g/mol. The second kappa shape index (κ2) is 6.72. The van der Waals surface area contributed by atoms with Gasteiger partial charge in [0.15, 0.2) is 5.65 Å². The Labute approximate surface area is 158 Å². The van der Waals surface area contributed by atoms with Gasteiger partial charge < -0.3 is 9.64 Å². The van der Waals surface area contributed by atoms with Crippen molar-refractivity contribution in [3.8, 4) is 17.2 Å². The van der Waals surface area contributed by atoms with Crippen LogP contribution in [0.4, 0.5) is 10.2 Å². The molecule has 0 aliphatic carbocycles. The van der Waals surface area contributed by atoms with E-state index in [2.05, 4.69) is 16.2 Å². The number of benzene rings is 1. The molecular formula is C17H12Cl2FN5O. The highest BCUT2D eigenvalue weighted by atomic mass is 35.5. The van der Waals surface area contributed by atoms with Crippen LogP contribution in [0.3, 0.4) is 0 Å². The molecule has 1 aromatic carbocycles. The Morgan fingerprint density at radius 1 is 1.23 bits per heavy atom. The fraction of sp³-hybridized carbons (Fsp3) is 0.235. The van der Waals surface area contributed by atoms with Crippen molar-refractivity contribution in [2.45, 2.75) is 0 Å². The highest BCUT2D eigenvalue weighted by Gasteiger charge is 2.26. The van der Waals surface area contributed by atoms with Crippen molar-refractivity contribution in [3.05, 3.63) is 46.0 Å². The van der Waals surface area contributed by atoms with Crippen LogP contribution in [0.15, 0.2) is 24.4 Å². The van der Waals surface area contributed by atoms with Gasteiger partial charge in [0.2, 0.25) is 0 Å². The second-order valence-electron chi connectivity index (χ2n) is 5.73. The molecule has 1 saturated heterocycles. The van der Waals surface area contributed by atoms with Gasteiger partial charge in [-0.15, -0.1) is 0 Å². The van der Waals surface area contributed by atoms with Gasteiger partial charge in [-0.3, -0.25) is 0 Å². The molecule has 1 aliphatic rings.